The first kappa shape index (κ1) is 10.3. The predicted octanol–water partition coefficient (Wildman–Crippen LogP) is 2.35. The number of phenolic OH excluding ortho intramolecular Hbond substituents is 2. The second kappa shape index (κ2) is 3.59. The molecule has 0 atom stereocenters. The first-order valence-electron chi connectivity index (χ1n) is 5.36. The van der Waals surface area contributed by atoms with Gasteiger partial charge in [-0.15, -0.1) is 0 Å². The van der Waals surface area contributed by atoms with Crippen molar-refractivity contribution >= 4 is 12.2 Å². The number of phenols is 2. The summed E-state index contributed by atoms with van der Waals surface area (Å²) in [6.07, 6.45) is 2.17. The average molecular weight is 249 g/mol. The molecule has 6 heteroatoms. The zero-order chi connectivity index (χ0) is 12.0. The van der Waals surface area contributed by atoms with Crippen molar-refractivity contribution in [1.82, 2.24) is 14.8 Å². The first-order valence-corrected chi connectivity index (χ1v) is 5.77. The summed E-state index contributed by atoms with van der Waals surface area (Å²) < 4.78 is 2.48. The third-order valence-electron chi connectivity index (χ3n) is 2.84. The van der Waals surface area contributed by atoms with E-state index in [1.54, 1.807) is 6.07 Å². The standard InChI is InChI=1S/C11H11N3O2S/c15-7-3-4-8(9(16)5-7)10-12-13-11(17)14(10)6-1-2-6/h3-6,15-16H,1-2H2,(H,13,17). The molecule has 3 N–H and O–H groups in total. The highest BCUT2D eigenvalue weighted by molar-refractivity contribution is 7.71. The van der Waals surface area contributed by atoms with Crippen LogP contribution in [0, 0.1) is 4.77 Å². The molecule has 1 fully saturated rings. The van der Waals surface area contributed by atoms with Gasteiger partial charge in [0, 0.05) is 12.1 Å². The van der Waals surface area contributed by atoms with Gasteiger partial charge < -0.3 is 10.2 Å². The van der Waals surface area contributed by atoms with Crippen LogP contribution in [0.15, 0.2) is 18.2 Å². The molecule has 5 nitrogen and oxygen atoms in total. The Balaban J connectivity index is 2.18. The molecule has 1 saturated carbocycles. The predicted molar refractivity (Wildman–Crippen MR) is 64.4 cm³/mol. The molecule has 0 radical (unpaired) electrons. The summed E-state index contributed by atoms with van der Waals surface area (Å²) in [6, 6.07) is 4.83. The number of aromatic hydroxyl groups is 2. The maximum Gasteiger partial charge on any atom is 0.195 e. The van der Waals surface area contributed by atoms with Crippen molar-refractivity contribution in [1.29, 1.82) is 0 Å². The van der Waals surface area contributed by atoms with E-state index in [1.165, 1.54) is 12.1 Å². The summed E-state index contributed by atoms with van der Waals surface area (Å²) in [5.74, 6) is 0.647. The summed E-state index contributed by atoms with van der Waals surface area (Å²) in [5.41, 5.74) is 0.571. The quantitative estimate of drug-likeness (QED) is 0.714. The molecule has 0 bridgehead atoms. The first-order chi connectivity index (χ1) is 8.16. The van der Waals surface area contributed by atoms with Crippen LogP contribution in [0.1, 0.15) is 18.9 Å². The Morgan fingerprint density at radius 1 is 1.35 bits per heavy atom. The Morgan fingerprint density at radius 3 is 2.76 bits per heavy atom. The van der Waals surface area contributed by atoms with E-state index in [0.717, 1.165) is 12.8 Å². The molecule has 0 amide bonds. The summed E-state index contributed by atoms with van der Waals surface area (Å²) in [6.45, 7) is 0. The van der Waals surface area contributed by atoms with Gasteiger partial charge in [-0.3, -0.25) is 9.67 Å². The van der Waals surface area contributed by atoms with Gasteiger partial charge in [0.05, 0.1) is 5.56 Å². The van der Waals surface area contributed by atoms with Crippen molar-refractivity contribution in [3.8, 4) is 22.9 Å². The van der Waals surface area contributed by atoms with E-state index < -0.39 is 0 Å². The largest absolute Gasteiger partial charge is 0.508 e. The SMILES string of the molecule is Oc1ccc(-c2n[nH]c(=S)n2C2CC2)c(O)c1. The lowest BCUT2D eigenvalue weighted by Gasteiger charge is -2.06. The molecule has 1 aliphatic carbocycles. The van der Waals surface area contributed by atoms with Gasteiger partial charge in [0.25, 0.3) is 0 Å². The second-order valence-electron chi connectivity index (χ2n) is 4.15. The van der Waals surface area contributed by atoms with Crippen LogP contribution in [-0.4, -0.2) is 25.0 Å². The van der Waals surface area contributed by atoms with Gasteiger partial charge >= 0.3 is 0 Å². The van der Waals surface area contributed by atoms with E-state index in [4.69, 9.17) is 12.2 Å². The Labute approximate surface area is 102 Å². The van der Waals surface area contributed by atoms with Gasteiger partial charge in [-0.2, -0.15) is 5.10 Å². The Kier molecular flexibility index (Phi) is 2.19. The van der Waals surface area contributed by atoms with Crippen molar-refractivity contribution in [2.75, 3.05) is 0 Å². The second-order valence-corrected chi connectivity index (χ2v) is 4.54. The molecule has 1 aromatic heterocycles. The van der Waals surface area contributed by atoms with E-state index in [-0.39, 0.29) is 11.5 Å². The van der Waals surface area contributed by atoms with E-state index in [1.807, 2.05) is 4.57 Å². The lowest BCUT2D eigenvalue weighted by molar-refractivity contribution is 0.451. The van der Waals surface area contributed by atoms with Crippen molar-refractivity contribution in [3.05, 3.63) is 23.0 Å². The maximum atomic E-state index is 9.82. The van der Waals surface area contributed by atoms with E-state index >= 15 is 0 Å². The molecule has 1 aliphatic rings. The van der Waals surface area contributed by atoms with Crippen LogP contribution < -0.4 is 0 Å². The molecule has 0 aliphatic heterocycles. The highest BCUT2D eigenvalue weighted by atomic mass is 32.1. The summed E-state index contributed by atoms with van der Waals surface area (Å²) in [5, 5.41) is 26.0. The molecule has 1 aromatic carbocycles. The van der Waals surface area contributed by atoms with Crippen LogP contribution in [-0.2, 0) is 0 Å². The van der Waals surface area contributed by atoms with Gasteiger partial charge in [0.2, 0.25) is 0 Å². The van der Waals surface area contributed by atoms with E-state index in [0.29, 0.717) is 22.2 Å². The third-order valence-corrected chi connectivity index (χ3v) is 3.13. The zero-order valence-corrected chi connectivity index (χ0v) is 9.74. The Hall–Kier alpha value is -1.82. The normalized spacial score (nSPS) is 15.1. The smallest absolute Gasteiger partial charge is 0.195 e. The number of rotatable bonds is 2. The highest BCUT2D eigenvalue weighted by Gasteiger charge is 2.28. The van der Waals surface area contributed by atoms with Crippen LogP contribution in [0.4, 0.5) is 0 Å². The topological polar surface area (TPSA) is 74.1 Å². The number of H-pyrrole nitrogens is 1. The molecule has 0 spiro atoms. The van der Waals surface area contributed by atoms with Gasteiger partial charge in [-0.1, -0.05) is 0 Å². The Morgan fingerprint density at radius 2 is 2.12 bits per heavy atom. The fraction of sp³-hybridized carbons (Fsp3) is 0.273. The molecule has 2 aromatic rings. The number of hydrogen-bond donors (Lipinski definition) is 3. The fourth-order valence-corrected chi connectivity index (χ4v) is 2.16. The Bertz CT molecular complexity index is 628. The van der Waals surface area contributed by atoms with Crippen LogP contribution in [0.3, 0.4) is 0 Å². The van der Waals surface area contributed by atoms with Gasteiger partial charge in [-0.25, -0.2) is 0 Å². The molecular weight excluding hydrogens is 238 g/mol. The van der Waals surface area contributed by atoms with Gasteiger partial charge in [0.1, 0.15) is 11.5 Å². The van der Waals surface area contributed by atoms with Crippen molar-refractivity contribution in [3.63, 3.8) is 0 Å². The molecule has 1 heterocycles. The summed E-state index contributed by atoms with van der Waals surface area (Å²) in [7, 11) is 0. The molecule has 3 rings (SSSR count). The summed E-state index contributed by atoms with van der Waals surface area (Å²) >= 11 is 5.17. The number of hydrogen-bond acceptors (Lipinski definition) is 4. The van der Waals surface area contributed by atoms with Crippen LogP contribution in [0.25, 0.3) is 11.4 Å². The van der Waals surface area contributed by atoms with Gasteiger partial charge in [0.15, 0.2) is 10.6 Å². The molecule has 88 valence electrons. The van der Waals surface area contributed by atoms with Crippen LogP contribution in [0.5, 0.6) is 11.5 Å². The number of benzene rings is 1. The van der Waals surface area contributed by atoms with Crippen LogP contribution >= 0.6 is 12.2 Å². The van der Waals surface area contributed by atoms with E-state index in [2.05, 4.69) is 10.2 Å². The minimum absolute atomic E-state index is 0.000833. The highest BCUT2D eigenvalue weighted by Crippen LogP contribution is 2.40. The minimum atomic E-state index is 0.000833. The lowest BCUT2D eigenvalue weighted by atomic mass is 10.2. The van der Waals surface area contributed by atoms with Crippen LogP contribution in [0.2, 0.25) is 0 Å². The monoisotopic (exact) mass is 249 g/mol. The van der Waals surface area contributed by atoms with Crippen molar-refractivity contribution in [2.45, 2.75) is 18.9 Å². The molecule has 0 saturated heterocycles. The minimum Gasteiger partial charge on any atom is -0.508 e. The van der Waals surface area contributed by atoms with E-state index in [9.17, 15) is 10.2 Å². The number of nitrogens with one attached hydrogen (secondary N) is 1. The molecule has 17 heavy (non-hydrogen) atoms. The molecule has 0 unspecified atom stereocenters. The van der Waals surface area contributed by atoms with Crippen molar-refractivity contribution in [2.24, 2.45) is 0 Å². The van der Waals surface area contributed by atoms with Gasteiger partial charge in [-0.05, 0) is 37.2 Å². The maximum absolute atomic E-state index is 9.82. The number of nitrogens with zero attached hydrogens (tertiary/aromatic N) is 2. The number of aromatic amines is 1. The number of aromatic nitrogens is 3. The zero-order valence-electron chi connectivity index (χ0n) is 8.92. The van der Waals surface area contributed by atoms with Crippen molar-refractivity contribution < 1.29 is 10.2 Å². The summed E-state index contributed by atoms with van der Waals surface area (Å²) in [4.78, 5) is 0. The third kappa shape index (κ3) is 1.70. The fourth-order valence-electron chi connectivity index (χ4n) is 1.88. The molecular formula is C11H11N3O2S. The lowest BCUT2D eigenvalue weighted by Crippen LogP contribution is -1.97. The average Bonchev–Trinajstić information content (AvgIpc) is 3.03.